The highest BCUT2D eigenvalue weighted by atomic mass is 16.7. The van der Waals surface area contributed by atoms with E-state index in [4.69, 9.17) is 28.5 Å². The highest BCUT2D eigenvalue weighted by Gasteiger charge is 2.49. The Balaban J connectivity index is 0.000000357. The number of carbonyl (C=O) groups is 1. The third-order valence-electron chi connectivity index (χ3n) is 5.54. The molecule has 190 valence electrons. The van der Waals surface area contributed by atoms with Crippen LogP contribution in [-0.2, 0) is 25.6 Å². The molecule has 2 saturated heterocycles. The molecule has 0 aliphatic carbocycles. The molecule has 13 heteroatoms. The van der Waals surface area contributed by atoms with Gasteiger partial charge in [-0.05, 0) is 12.1 Å². The molecule has 1 aromatic rings. The second kappa shape index (κ2) is 12.8. The summed E-state index contributed by atoms with van der Waals surface area (Å²) in [5.74, 6) is 0.130. The van der Waals surface area contributed by atoms with Gasteiger partial charge in [-0.25, -0.2) is 0 Å². The highest BCUT2D eigenvalue weighted by Crippen LogP contribution is 2.31. The molecular weight excluding hydrogens is 448 g/mol. The summed E-state index contributed by atoms with van der Waals surface area (Å²) in [6.45, 7) is 0.507. The number of aliphatic hydroxyl groups excluding tert-OH is 7. The topological polar surface area (TPSA) is 209 Å². The molecule has 13 nitrogen and oxygen atoms in total. The Hall–Kier alpha value is -1.49. The molecular formula is C20H32O13. The first-order valence-corrected chi connectivity index (χ1v) is 10.3. The number of aliphatic hydroxyl groups is 7. The van der Waals surface area contributed by atoms with Gasteiger partial charge in [0.25, 0.3) is 0 Å². The van der Waals surface area contributed by atoms with Gasteiger partial charge in [-0.2, -0.15) is 0 Å². The number of hydrogen-bond acceptors (Lipinski definition) is 13. The minimum absolute atomic E-state index is 0.159. The lowest BCUT2D eigenvalue weighted by Crippen LogP contribution is -2.63. The summed E-state index contributed by atoms with van der Waals surface area (Å²) in [5.41, 5.74) is 0. The van der Waals surface area contributed by atoms with E-state index in [1.807, 2.05) is 0 Å². The van der Waals surface area contributed by atoms with Gasteiger partial charge in [0.2, 0.25) is 0 Å². The molecule has 2 aliphatic rings. The smallest absolute Gasteiger partial charge is 0.187 e. The van der Waals surface area contributed by atoms with Crippen molar-refractivity contribution in [1.29, 1.82) is 0 Å². The molecule has 0 radical (unpaired) electrons. The van der Waals surface area contributed by atoms with Gasteiger partial charge in [0.1, 0.15) is 42.9 Å². The first kappa shape index (κ1) is 27.8. The van der Waals surface area contributed by atoms with Crippen LogP contribution in [0.15, 0.2) is 16.5 Å². The van der Waals surface area contributed by atoms with Gasteiger partial charge in [0.15, 0.2) is 24.6 Å². The summed E-state index contributed by atoms with van der Waals surface area (Å²) in [7, 11) is 1.27. The molecule has 3 rings (SSSR count). The van der Waals surface area contributed by atoms with Crippen molar-refractivity contribution in [2.24, 2.45) is 5.92 Å². The van der Waals surface area contributed by atoms with Crippen molar-refractivity contribution in [2.45, 2.75) is 68.8 Å². The third-order valence-corrected chi connectivity index (χ3v) is 5.54. The Bertz CT molecular complexity index is 708. The SMILES string of the molecule is CO[C@@H]1O[C@@H](CO)[C@@H](OC2OC(CO)[C@@H](C)[C@H](O)[C@@H]2O)C(O)C1O.O=Cc1ccc(CO)o1. The molecule has 0 amide bonds. The van der Waals surface area contributed by atoms with Crippen molar-refractivity contribution in [2.75, 3.05) is 20.3 Å². The zero-order valence-electron chi connectivity index (χ0n) is 18.2. The largest absolute Gasteiger partial charge is 0.456 e. The summed E-state index contributed by atoms with van der Waals surface area (Å²) >= 11 is 0. The van der Waals surface area contributed by atoms with E-state index >= 15 is 0 Å². The van der Waals surface area contributed by atoms with Gasteiger partial charge in [-0.15, -0.1) is 0 Å². The van der Waals surface area contributed by atoms with Crippen LogP contribution in [0.25, 0.3) is 0 Å². The second-order valence-corrected chi connectivity index (χ2v) is 7.69. The zero-order valence-corrected chi connectivity index (χ0v) is 18.2. The first-order valence-electron chi connectivity index (χ1n) is 10.3. The highest BCUT2D eigenvalue weighted by molar-refractivity contribution is 5.70. The van der Waals surface area contributed by atoms with E-state index in [1.54, 1.807) is 13.0 Å². The summed E-state index contributed by atoms with van der Waals surface area (Å²) in [6, 6.07) is 3.07. The Labute approximate surface area is 189 Å². The molecule has 33 heavy (non-hydrogen) atoms. The Morgan fingerprint density at radius 3 is 2.00 bits per heavy atom. The number of ether oxygens (including phenoxy) is 4. The van der Waals surface area contributed by atoms with Crippen LogP contribution >= 0.6 is 0 Å². The van der Waals surface area contributed by atoms with Gasteiger partial charge in [-0.1, -0.05) is 6.92 Å². The minimum Gasteiger partial charge on any atom is -0.456 e. The van der Waals surface area contributed by atoms with Crippen LogP contribution < -0.4 is 0 Å². The van der Waals surface area contributed by atoms with Crippen molar-refractivity contribution >= 4 is 6.29 Å². The summed E-state index contributed by atoms with van der Waals surface area (Å²) in [4.78, 5) is 9.96. The Morgan fingerprint density at radius 1 is 0.909 bits per heavy atom. The van der Waals surface area contributed by atoms with Crippen LogP contribution in [-0.4, -0.2) is 118 Å². The Morgan fingerprint density at radius 2 is 1.52 bits per heavy atom. The molecule has 7 N–H and O–H groups in total. The molecule has 1 aromatic heterocycles. The number of aldehydes is 1. The lowest BCUT2D eigenvalue weighted by atomic mass is 9.91. The number of carbonyl (C=O) groups excluding carboxylic acids is 1. The van der Waals surface area contributed by atoms with Gasteiger partial charge >= 0.3 is 0 Å². The molecule has 4 unspecified atom stereocenters. The normalized spacial score (nSPS) is 38.9. The predicted octanol–water partition coefficient (Wildman–Crippen LogP) is -2.88. The van der Waals surface area contributed by atoms with E-state index in [-0.39, 0.29) is 12.4 Å². The van der Waals surface area contributed by atoms with Gasteiger partial charge in [0, 0.05) is 13.0 Å². The number of rotatable bonds is 7. The number of methoxy groups -OCH3 is 1. The van der Waals surface area contributed by atoms with Crippen molar-refractivity contribution in [1.82, 2.24) is 0 Å². The molecule has 0 spiro atoms. The van der Waals surface area contributed by atoms with Crippen LogP contribution in [0.4, 0.5) is 0 Å². The van der Waals surface area contributed by atoms with E-state index in [0.29, 0.717) is 12.0 Å². The van der Waals surface area contributed by atoms with E-state index in [9.17, 15) is 35.4 Å². The fourth-order valence-corrected chi connectivity index (χ4v) is 3.50. The molecule has 0 saturated carbocycles. The monoisotopic (exact) mass is 480 g/mol. The number of furan rings is 1. The molecule has 0 bridgehead atoms. The predicted molar refractivity (Wildman–Crippen MR) is 107 cm³/mol. The van der Waals surface area contributed by atoms with E-state index in [2.05, 4.69) is 0 Å². The van der Waals surface area contributed by atoms with Crippen molar-refractivity contribution < 1.29 is 63.9 Å². The standard InChI is InChI=1S/C14H26O10.C6H6O3/c1-5-6(3-15)22-14(10(19)8(5)17)24-12-7(4-16)23-13(21-2)11(20)9(12)18;7-3-5-1-2-6(4-8)9-5/h5-20H,3-4H2,1-2H3;1-3,8H,4H2/t5-,6?,7+,8+,9?,10+,11?,12-,13-,14?;/m1./s1. The van der Waals surface area contributed by atoms with E-state index in [1.165, 1.54) is 13.2 Å². The summed E-state index contributed by atoms with van der Waals surface area (Å²) in [6.07, 6.45) is -10.6. The van der Waals surface area contributed by atoms with Crippen LogP contribution in [0.2, 0.25) is 0 Å². The summed E-state index contributed by atoms with van der Waals surface area (Å²) in [5, 5.41) is 67.5. The molecule has 2 fully saturated rings. The molecule has 3 heterocycles. The minimum atomic E-state index is -1.49. The molecule has 2 aliphatic heterocycles. The lowest BCUT2D eigenvalue weighted by molar-refractivity contribution is -0.353. The zero-order chi connectivity index (χ0) is 24.7. The lowest BCUT2D eigenvalue weighted by Gasteiger charge is -2.46. The van der Waals surface area contributed by atoms with Crippen LogP contribution in [0.5, 0.6) is 0 Å². The third kappa shape index (κ3) is 6.55. The van der Waals surface area contributed by atoms with E-state index < -0.39 is 74.4 Å². The molecule has 0 aromatic carbocycles. The van der Waals surface area contributed by atoms with Crippen LogP contribution in [0.3, 0.4) is 0 Å². The van der Waals surface area contributed by atoms with Crippen molar-refractivity contribution in [3.8, 4) is 0 Å². The quantitative estimate of drug-likeness (QED) is 0.196. The fourth-order valence-electron chi connectivity index (χ4n) is 3.50. The van der Waals surface area contributed by atoms with E-state index in [0.717, 1.165) is 0 Å². The molecule has 10 atom stereocenters. The van der Waals surface area contributed by atoms with Gasteiger partial charge in [-0.3, -0.25) is 4.79 Å². The van der Waals surface area contributed by atoms with Gasteiger partial charge in [0.05, 0.1) is 25.4 Å². The maximum atomic E-state index is 10.2. The first-order chi connectivity index (χ1) is 15.7. The fraction of sp³-hybridized carbons (Fsp3) is 0.750. The second-order valence-electron chi connectivity index (χ2n) is 7.69. The van der Waals surface area contributed by atoms with Crippen LogP contribution in [0, 0.1) is 5.92 Å². The van der Waals surface area contributed by atoms with Crippen LogP contribution in [0.1, 0.15) is 23.2 Å². The maximum absolute atomic E-state index is 10.2. The maximum Gasteiger partial charge on any atom is 0.187 e. The van der Waals surface area contributed by atoms with Gasteiger partial charge < -0.3 is 59.1 Å². The summed E-state index contributed by atoms with van der Waals surface area (Å²) < 4.78 is 25.8. The Kier molecular flexibility index (Phi) is 10.8. The van der Waals surface area contributed by atoms with Crippen molar-refractivity contribution in [3.63, 3.8) is 0 Å². The average molecular weight is 480 g/mol. The van der Waals surface area contributed by atoms with Crippen molar-refractivity contribution in [3.05, 3.63) is 23.7 Å². The number of hydrogen-bond donors (Lipinski definition) is 7. The average Bonchev–Trinajstić information content (AvgIpc) is 3.31.